The Morgan fingerprint density at radius 2 is 1.68 bits per heavy atom. The predicted molar refractivity (Wildman–Crippen MR) is 97.4 cm³/mol. The Labute approximate surface area is 164 Å². The molecule has 0 aromatic heterocycles. The van der Waals surface area contributed by atoms with Gasteiger partial charge in [-0.05, 0) is 46.0 Å². The minimum absolute atomic E-state index is 0.203. The van der Waals surface area contributed by atoms with E-state index in [1.54, 1.807) is 0 Å². The maximum Gasteiger partial charge on any atom is 0.421 e. The first-order valence-electron chi connectivity index (χ1n) is 9.03. The maximum atomic E-state index is 12.1. The SMILES string of the molecule is CCCOC(=O)C(C)(C)COS(=O)(=O)ON(C(N)=O)C1CCC(C(N)=O)CC1. The number of esters is 1. The van der Waals surface area contributed by atoms with Crippen LogP contribution in [0.3, 0.4) is 0 Å². The highest BCUT2D eigenvalue weighted by Crippen LogP contribution is 2.28. The van der Waals surface area contributed by atoms with Crippen molar-refractivity contribution >= 4 is 28.3 Å². The van der Waals surface area contributed by atoms with E-state index in [0.29, 0.717) is 37.2 Å². The molecule has 0 aromatic rings. The first-order valence-corrected chi connectivity index (χ1v) is 10.4. The van der Waals surface area contributed by atoms with Crippen LogP contribution in [0.4, 0.5) is 4.79 Å². The van der Waals surface area contributed by atoms with Crippen LogP contribution in [-0.4, -0.2) is 50.6 Å². The first-order chi connectivity index (χ1) is 12.9. The molecule has 3 amide bonds. The number of carbonyl (C=O) groups excluding carboxylic acids is 3. The van der Waals surface area contributed by atoms with Gasteiger partial charge in [-0.25, -0.2) is 8.98 Å². The van der Waals surface area contributed by atoms with E-state index >= 15 is 0 Å². The molecule has 0 heterocycles. The highest BCUT2D eigenvalue weighted by molar-refractivity contribution is 7.81. The fourth-order valence-corrected chi connectivity index (χ4v) is 3.53. The molecule has 1 aliphatic rings. The Morgan fingerprint density at radius 1 is 1.11 bits per heavy atom. The van der Waals surface area contributed by atoms with Gasteiger partial charge >= 0.3 is 22.4 Å². The van der Waals surface area contributed by atoms with Crippen LogP contribution in [0.15, 0.2) is 0 Å². The lowest BCUT2D eigenvalue weighted by Gasteiger charge is -2.33. The Morgan fingerprint density at radius 3 is 2.14 bits per heavy atom. The third-order valence-corrected chi connectivity index (χ3v) is 5.12. The van der Waals surface area contributed by atoms with Gasteiger partial charge in [0.1, 0.15) is 0 Å². The van der Waals surface area contributed by atoms with Gasteiger partial charge in [0.25, 0.3) is 0 Å². The van der Waals surface area contributed by atoms with Crippen LogP contribution < -0.4 is 11.5 Å². The van der Waals surface area contributed by atoms with E-state index in [1.807, 2.05) is 6.92 Å². The van der Waals surface area contributed by atoms with Gasteiger partial charge in [0.15, 0.2) is 0 Å². The highest BCUT2D eigenvalue weighted by Gasteiger charge is 2.36. The number of hydroxylamine groups is 2. The zero-order chi connectivity index (χ0) is 21.5. The molecule has 1 rings (SSSR count). The molecule has 0 atom stereocenters. The average Bonchev–Trinajstić information content (AvgIpc) is 2.62. The van der Waals surface area contributed by atoms with Gasteiger partial charge in [-0.15, -0.1) is 4.28 Å². The monoisotopic (exact) mass is 423 g/mol. The molecule has 0 aliphatic heterocycles. The van der Waals surface area contributed by atoms with Crippen molar-refractivity contribution in [3.05, 3.63) is 0 Å². The second kappa shape index (κ2) is 10.0. The fourth-order valence-electron chi connectivity index (χ4n) is 2.66. The molecule has 0 saturated heterocycles. The number of hydrogen-bond donors (Lipinski definition) is 2. The second-order valence-electron chi connectivity index (χ2n) is 7.34. The smallest absolute Gasteiger partial charge is 0.421 e. The summed E-state index contributed by atoms with van der Waals surface area (Å²) >= 11 is 0. The lowest BCUT2D eigenvalue weighted by Crippen LogP contribution is -2.47. The van der Waals surface area contributed by atoms with Crippen LogP contribution >= 0.6 is 0 Å². The third-order valence-electron chi connectivity index (χ3n) is 4.37. The molecule has 162 valence electrons. The van der Waals surface area contributed by atoms with Crippen molar-refractivity contribution in [2.24, 2.45) is 22.8 Å². The lowest BCUT2D eigenvalue weighted by molar-refractivity contribution is -0.156. The van der Waals surface area contributed by atoms with E-state index in [2.05, 4.69) is 0 Å². The van der Waals surface area contributed by atoms with Crippen molar-refractivity contribution in [3.63, 3.8) is 0 Å². The molecule has 0 radical (unpaired) electrons. The quantitative estimate of drug-likeness (QED) is 0.380. The molecule has 1 aliphatic carbocycles. The van der Waals surface area contributed by atoms with Crippen LogP contribution in [0, 0.1) is 11.3 Å². The summed E-state index contributed by atoms with van der Waals surface area (Å²) in [5.74, 6) is -1.41. The summed E-state index contributed by atoms with van der Waals surface area (Å²) in [6.07, 6.45) is 1.96. The largest absolute Gasteiger partial charge is 0.465 e. The Kier molecular flexibility index (Phi) is 8.64. The Hall–Kier alpha value is -1.92. The van der Waals surface area contributed by atoms with Crippen LogP contribution in [0.5, 0.6) is 0 Å². The number of nitrogens with zero attached hydrogens (tertiary/aromatic N) is 1. The van der Waals surface area contributed by atoms with Crippen molar-refractivity contribution in [1.29, 1.82) is 0 Å². The standard InChI is InChI=1S/C16H29N3O8S/c1-4-9-25-14(21)16(2,3)10-26-28(23,24)27-19(15(18)22)12-7-5-11(6-8-12)13(17)20/h11-12H,4-10H2,1-3H3,(H2,17,20)(H2,18,22). The van der Waals surface area contributed by atoms with Crippen LogP contribution in [0.1, 0.15) is 52.9 Å². The highest BCUT2D eigenvalue weighted by atomic mass is 32.3. The minimum atomic E-state index is -4.67. The number of primary amides is 2. The topological polar surface area (TPSA) is 168 Å². The normalized spacial score (nSPS) is 20.4. The van der Waals surface area contributed by atoms with Crippen LogP contribution in [-0.2, 0) is 33.2 Å². The number of carbonyl (C=O) groups is 3. The number of urea groups is 1. The fraction of sp³-hybridized carbons (Fsp3) is 0.812. The summed E-state index contributed by atoms with van der Waals surface area (Å²) in [5.41, 5.74) is 9.24. The van der Waals surface area contributed by atoms with Gasteiger partial charge in [-0.3, -0.25) is 9.59 Å². The van der Waals surface area contributed by atoms with Gasteiger partial charge in [0.2, 0.25) is 5.91 Å². The summed E-state index contributed by atoms with van der Waals surface area (Å²) in [6, 6.07) is -1.76. The molecule has 0 spiro atoms. The zero-order valence-electron chi connectivity index (χ0n) is 16.4. The maximum absolute atomic E-state index is 12.1. The van der Waals surface area contributed by atoms with Crippen molar-refractivity contribution < 1.29 is 36.0 Å². The molecule has 1 fully saturated rings. The van der Waals surface area contributed by atoms with Crippen LogP contribution in [0.2, 0.25) is 0 Å². The molecular formula is C16H29N3O8S. The summed E-state index contributed by atoms with van der Waals surface area (Å²) in [6.45, 7) is 4.40. The van der Waals surface area contributed by atoms with Crippen LogP contribution in [0.25, 0.3) is 0 Å². The van der Waals surface area contributed by atoms with E-state index in [4.69, 9.17) is 24.7 Å². The van der Waals surface area contributed by atoms with Gasteiger partial charge in [0, 0.05) is 5.92 Å². The van der Waals surface area contributed by atoms with Gasteiger partial charge < -0.3 is 16.2 Å². The molecule has 0 bridgehead atoms. The van der Waals surface area contributed by atoms with Crippen molar-refractivity contribution in [2.75, 3.05) is 13.2 Å². The molecule has 4 N–H and O–H groups in total. The molecule has 0 unspecified atom stereocenters. The number of rotatable bonds is 10. The van der Waals surface area contributed by atoms with E-state index in [9.17, 15) is 22.8 Å². The molecule has 1 saturated carbocycles. The van der Waals surface area contributed by atoms with E-state index < -0.39 is 46.4 Å². The molecule has 0 aromatic carbocycles. The summed E-state index contributed by atoms with van der Waals surface area (Å²) in [5, 5.41) is 0.523. The molecule has 11 nitrogen and oxygen atoms in total. The van der Waals surface area contributed by atoms with Crippen molar-refractivity contribution in [3.8, 4) is 0 Å². The minimum Gasteiger partial charge on any atom is -0.465 e. The number of hydrogen-bond acceptors (Lipinski definition) is 8. The van der Waals surface area contributed by atoms with Crippen molar-refractivity contribution in [1.82, 2.24) is 5.06 Å². The number of amides is 3. The van der Waals surface area contributed by atoms with Gasteiger partial charge in [0.05, 0.1) is 24.7 Å². The van der Waals surface area contributed by atoms with Crippen molar-refractivity contribution in [2.45, 2.75) is 58.9 Å². The van der Waals surface area contributed by atoms with E-state index in [1.165, 1.54) is 13.8 Å². The molecular weight excluding hydrogens is 394 g/mol. The number of ether oxygens (including phenoxy) is 1. The zero-order valence-corrected chi connectivity index (χ0v) is 17.2. The Bertz CT molecular complexity index is 671. The summed E-state index contributed by atoms with van der Waals surface area (Å²) in [4.78, 5) is 34.8. The lowest BCUT2D eigenvalue weighted by atomic mass is 9.85. The molecule has 12 heteroatoms. The predicted octanol–water partition coefficient (Wildman–Crippen LogP) is 0.584. The van der Waals surface area contributed by atoms with Gasteiger partial charge in [-0.2, -0.15) is 13.5 Å². The summed E-state index contributed by atoms with van der Waals surface area (Å²) < 4.78 is 38.7. The average molecular weight is 423 g/mol. The van der Waals surface area contributed by atoms with Gasteiger partial charge in [-0.1, -0.05) is 6.92 Å². The third kappa shape index (κ3) is 7.24. The number of nitrogens with two attached hydrogens (primary N) is 2. The van der Waals surface area contributed by atoms with E-state index in [-0.39, 0.29) is 12.5 Å². The first kappa shape index (κ1) is 24.1. The second-order valence-corrected chi connectivity index (χ2v) is 8.54. The van der Waals surface area contributed by atoms with E-state index in [0.717, 1.165) is 0 Å². The summed E-state index contributed by atoms with van der Waals surface area (Å²) in [7, 11) is -4.67. The Balaban J connectivity index is 2.70. The molecule has 28 heavy (non-hydrogen) atoms.